The molecule has 0 spiro atoms. The molecule has 0 amide bonds. The average Bonchev–Trinajstić information content (AvgIpc) is 2.34. The minimum absolute atomic E-state index is 0.530. The summed E-state index contributed by atoms with van der Waals surface area (Å²) in [5.74, 6) is 0.938. The molecule has 112 valence electrons. The van der Waals surface area contributed by atoms with Crippen LogP contribution < -0.4 is 5.32 Å². The SMILES string of the molecule is CC(C)NCc1ccc(CN(C)CC2CCC2)c(Br)c1. The fourth-order valence-electron chi connectivity index (χ4n) is 2.62. The summed E-state index contributed by atoms with van der Waals surface area (Å²) in [4.78, 5) is 2.45. The van der Waals surface area contributed by atoms with Crippen molar-refractivity contribution in [1.82, 2.24) is 10.2 Å². The van der Waals surface area contributed by atoms with Gasteiger partial charge in [0, 0.05) is 30.1 Å². The molecule has 1 saturated carbocycles. The fraction of sp³-hybridized carbons (Fsp3) is 0.647. The van der Waals surface area contributed by atoms with Crippen LogP contribution in [0.3, 0.4) is 0 Å². The van der Waals surface area contributed by atoms with E-state index in [1.165, 1.54) is 41.4 Å². The molecule has 0 unspecified atom stereocenters. The Kier molecular flexibility index (Phi) is 6.06. The molecule has 0 atom stereocenters. The molecular weight excluding hydrogens is 312 g/mol. The molecule has 1 N–H and O–H groups in total. The summed E-state index contributed by atoms with van der Waals surface area (Å²) in [5.41, 5.74) is 2.73. The largest absolute Gasteiger partial charge is 0.310 e. The maximum Gasteiger partial charge on any atom is 0.0242 e. The highest BCUT2D eigenvalue weighted by molar-refractivity contribution is 9.10. The van der Waals surface area contributed by atoms with Gasteiger partial charge in [-0.2, -0.15) is 0 Å². The van der Waals surface area contributed by atoms with Crippen LogP contribution in [0.4, 0.5) is 0 Å². The lowest BCUT2D eigenvalue weighted by molar-refractivity contribution is 0.200. The van der Waals surface area contributed by atoms with Crippen LogP contribution in [-0.4, -0.2) is 24.5 Å². The highest BCUT2D eigenvalue weighted by atomic mass is 79.9. The number of nitrogens with zero attached hydrogens (tertiary/aromatic N) is 1. The topological polar surface area (TPSA) is 15.3 Å². The number of rotatable bonds is 7. The predicted octanol–water partition coefficient (Wildman–Crippen LogP) is 4.18. The zero-order chi connectivity index (χ0) is 14.5. The Bertz CT molecular complexity index is 427. The van der Waals surface area contributed by atoms with Crippen LogP contribution in [0.5, 0.6) is 0 Å². The van der Waals surface area contributed by atoms with Crippen molar-refractivity contribution in [3.05, 3.63) is 33.8 Å². The molecule has 0 radical (unpaired) electrons. The van der Waals surface area contributed by atoms with E-state index in [2.05, 4.69) is 65.2 Å². The Hall–Kier alpha value is -0.380. The van der Waals surface area contributed by atoms with Gasteiger partial charge >= 0.3 is 0 Å². The quantitative estimate of drug-likeness (QED) is 0.802. The van der Waals surface area contributed by atoms with Gasteiger partial charge in [0.15, 0.2) is 0 Å². The van der Waals surface area contributed by atoms with E-state index in [4.69, 9.17) is 0 Å². The normalized spacial score (nSPS) is 15.9. The minimum Gasteiger partial charge on any atom is -0.310 e. The van der Waals surface area contributed by atoms with Gasteiger partial charge in [0.2, 0.25) is 0 Å². The Morgan fingerprint density at radius 2 is 2.10 bits per heavy atom. The van der Waals surface area contributed by atoms with Crippen molar-refractivity contribution >= 4 is 15.9 Å². The second kappa shape index (κ2) is 7.58. The highest BCUT2D eigenvalue weighted by Crippen LogP contribution is 2.28. The molecule has 2 nitrogen and oxygen atoms in total. The first-order valence-electron chi connectivity index (χ1n) is 7.74. The Balaban J connectivity index is 1.87. The van der Waals surface area contributed by atoms with Gasteiger partial charge in [0.25, 0.3) is 0 Å². The Morgan fingerprint density at radius 3 is 2.65 bits per heavy atom. The number of hydrogen-bond donors (Lipinski definition) is 1. The third-order valence-corrected chi connectivity index (χ3v) is 4.80. The fourth-order valence-corrected chi connectivity index (χ4v) is 3.17. The van der Waals surface area contributed by atoms with E-state index >= 15 is 0 Å². The Labute approximate surface area is 132 Å². The van der Waals surface area contributed by atoms with Gasteiger partial charge in [-0.05, 0) is 43.0 Å². The van der Waals surface area contributed by atoms with Gasteiger partial charge in [-0.3, -0.25) is 0 Å². The molecule has 20 heavy (non-hydrogen) atoms. The van der Waals surface area contributed by atoms with Crippen molar-refractivity contribution in [1.29, 1.82) is 0 Å². The number of halogens is 1. The zero-order valence-electron chi connectivity index (χ0n) is 13.0. The van der Waals surface area contributed by atoms with E-state index in [-0.39, 0.29) is 0 Å². The van der Waals surface area contributed by atoms with Crippen LogP contribution in [0.15, 0.2) is 22.7 Å². The molecule has 3 heteroatoms. The van der Waals surface area contributed by atoms with Crippen molar-refractivity contribution in [3.8, 4) is 0 Å². The number of benzene rings is 1. The van der Waals surface area contributed by atoms with Crippen molar-refractivity contribution in [2.24, 2.45) is 5.92 Å². The molecule has 2 rings (SSSR count). The summed E-state index contributed by atoms with van der Waals surface area (Å²) in [6.45, 7) is 7.57. The van der Waals surface area contributed by atoms with Crippen LogP contribution >= 0.6 is 15.9 Å². The molecule has 1 aromatic rings. The molecular formula is C17H27BrN2. The molecule has 1 aromatic carbocycles. The van der Waals surface area contributed by atoms with Crippen LogP contribution in [0.1, 0.15) is 44.2 Å². The smallest absolute Gasteiger partial charge is 0.0242 e. The van der Waals surface area contributed by atoms with E-state index in [9.17, 15) is 0 Å². The van der Waals surface area contributed by atoms with Crippen molar-refractivity contribution in [2.75, 3.05) is 13.6 Å². The van der Waals surface area contributed by atoms with E-state index in [0.717, 1.165) is 19.0 Å². The molecule has 1 fully saturated rings. The third-order valence-electron chi connectivity index (χ3n) is 4.07. The summed E-state index contributed by atoms with van der Waals surface area (Å²) in [6.07, 6.45) is 4.27. The van der Waals surface area contributed by atoms with Gasteiger partial charge in [-0.15, -0.1) is 0 Å². The summed E-state index contributed by atoms with van der Waals surface area (Å²) in [7, 11) is 2.24. The molecule has 1 aliphatic carbocycles. The van der Waals surface area contributed by atoms with E-state index < -0.39 is 0 Å². The van der Waals surface area contributed by atoms with Gasteiger partial charge < -0.3 is 10.2 Å². The second-order valence-electron chi connectivity index (χ2n) is 6.46. The number of nitrogens with one attached hydrogen (secondary N) is 1. The average molecular weight is 339 g/mol. The van der Waals surface area contributed by atoms with Crippen molar-refractivity contribution in [2.45, 2.75) is 52.2 Å². The van der Waals surface area contributed by atoms with Gasteiger partial charge in [0.05, 0.1) is 0 Å². The molecule has 0 aromatic heterocycles. The first kappa shape index (κ1) is 16.0. The Morgan fingerprint density at radius 1 is 1.35 bits per heavy atom. The van der Waals surface area contributed by atoms with Crippen molar-refractivity contribution < 1.29 is 0 Å². The predicted molar refractivity (Wildman–Crippen MR) is 89.8 cm³/mol. The van der Waals surface area contributed by atoms with E-state index in [1.807, 2.05) is 0 Å². The van der Waals surface area contributed by atoms with Crippen LogP contribution in [-0.2, 0) is 13.1 Å². The molecule has 0 bridgehead atoms. The standard InChI is InChI=1S/C17H27BrN2/c1-13(2)19-10-15-7-8-16(17(18)9-15)12-20(3)11-14-5-4-6-14/h7-9,13-14,19H,4-6,10-12H2,1-3H3. The summed E-state index contributed by atoms with van der Waals surface area (Å²) < 4.78 is 1.24. The van der Waals surface area contributed by atoms with Gasteiger partial charge in [0.1, 0.15) is 0 Å². The van der Waals surface area contributed by atoms with Crippen LogP contribution in [0.25, 0.3) is 0 Å². The lowest BCUT2D eigenvalue weighted by Gasteiger charge is -2.30. The maximum absolute atomic E-state index is 3.73. The monoisotopic (exact) mass is 338 g/mol. The lowest BCUT2D eigenvalue weighted by atomic mass is 9.85. The second-order valence-corrected chi connectivity index (χ2v) is 7.31. The summed E-state index contributed by atoms with van der Waals surface area (Å²) in [5, 5.41) is 3.46. The molecule has 0 heterocycles. The molecule has 1 aliphatic rings. The molecule has 0 saturated heterocycles. The lowest BCUT2D eigenvalue weighted by Crippen LogP contribution is -2.29. The maximum atomic E-state index is 3.73. The number of hydrogen-bond acceptors (Lipinski definition) is 2. The minimum atomic E-state index is 0.530. The zero-order valence-corrected chi connectivity index (χ0v) is 14.5. The van der Waals surface area contributed by atoms with E-state index in [1.54, 1.807) is 0 Å². The third kappa shape index (κ3) is 4.87. The van der Waals surface area contributed by atoms with Crippen LogP contribution in [0, 0.1) is 5.92 Å². The van der Waals surface area contributed by atoms with E-state index in [0.29, 0.717) is 6.04 Å². The van der Waals surface area contributed by atoms with Crippen LogP contribution in [0.2, 0.25) is 0 Å². The summed E-state index contributed by atoms with van der Waals surface area (Å²) >= 11 is 3.73. The highest BCUT2D eigenvalue weighted by Gasteiger charge is 2.19. The van der Waals surface area contributed by atoms with Gasteiger partial charge in [-0.25, -0.2) is 0 Å². The van der Waals surface area contributed by atoms with Crippen molar-refractivity contribution in [3.63, 3.8) is 0 Å². The first-order chi connectivity index (χ1) is 9.54. The summed E-state index contributed by atoms with van der Waals surface area (Å²) in [6, 6.07) is 7.29. The first-order valence-corrected chi connectivity index (χ1v) is 8.53. The molecule has 0 aliphatic heterocycles. The van der Waals surface area contributed by atoms with Gasteiger partial charge in [-0.1, -0.05) is 48.3 Å².